The van der Waals surface area contributed by atoms with Gasteiger partial charge in [-0.15, -0.1) is 0 Å². The molecule has 0 unspecified atom stereocenters. The Balaban J connectivity index is 1.97. The third-order valence-electron chi connectivity index (χ3n) is 4.14. The van der Waals surface area contributed by atoms with Gasteiger partial charge in [0, 0.05) is 24.1 Å². The minimum atomic E-state index is 0.231. The van der Waals surface area contributed by atoms with Crippen molar-refractivity contribution in [3.05, 3.63) is 29.5 Å². The van der Waals surface area contributed by atoms with Crippen molar-refractivity contribution >= 4 is 11.0 Å². The molecule has 118 valence electrons. The molecular formula is C17H17N3O3. The van der Waals surface area contributed by atoms with E-state index >= 15 is 0 Å². The molecule has 3 aromatic rings. The fourth-order valence-electron chi connectivity index (χ4n) is 3.09. The Morgan fingerprint density at radius 3 is 2.61 bits per heavy atom. The number of benzene rings is 1. The van der Waals surface area contributed by atoms with Crippen molar-refractivity contribution in [2.24, 2.45) is 7.05 Å². The number of aryl methyl sites for hydroxylation is 3. The summed E-state index contributed by atoms with van der Waals surface area (Å²) in [5.74, 6) is 2.11. The van der Waals surface area contributed by atoms with Crippen LogP contribution in [0.4, 0.5) is 0 Å². The van der Waals surface area contributed by atoms with E-state index in [1.54, 1.807) is 11.8 Å². The minimum Gasteiger partial charge on any atom is -0.496 e. The van der Waals surface area contributed by atoms with Crippen LogP contribution >= 0.6 is 0 Å². The number of pyridine rings is 1. The van der Waals surface area contributed by atoms with Gasteiger partial charge in [-0.2, -0.15) is 5.10 Å². The van der Waals surface area contributed by atoms with Crippen molar-refractivity contribution in [1.29, 1.82) is 0 Å². The third-order valence-corrected chi connectivity index (χ3v) is 4.14. The molecule has 0 amide bonds. The van der Waals surface area contributed by atoms with Crippen LogP contribution in [0.15, 0.2) is 18.2 Å². The predicted octanol–water partition coefficient (Wildman–Crippen LogP) is 2.99. The average Bonchev–Trinajstić information content (AvgIpc) is 3.10. The summed E-state index contributed by atoms with van der Waals surface area (Å²) in [4.78, 5) is 4.78. The highest BCUT2D eigenvalue weighted by Crippen LogP contribution is 2.42. The largest absolute Gasteiger partial charge is 0.496 e. The van der Waals surface area contributed by atoms with Crippen LogP contribution in [-0.2, 0) is 7.05 Å². The molecule has 1 aromatic carbocycles. The zero-order valence-electron chi connectivity index (χ0n) is 13.5. The quantitative estimate of drug-likeness (QED) is 0.728. The van der Waals surface area contributed by atoms with Gasteiger partial charge in [0.1, 0.15) is 5.75 Å². The molecule has 3 heterocycles. The van der Waals surface area contributed by atoms with Crippen molar-refractivity contribution in [2.45, 2.75) is 13.8 Å². The Bertz CT molecular complexity index is 931. The summed E-state index contributed by atoms with van der Waals surface area (Å²) < 4.78 is 18.2. The van der Waals surface area contributed by atoms with Gasteiger partial charge in [-0.1, -0.05) is 0 Å². The van der Waals surface area contributed by atoms with Gasteiger partial charge in [0.25, 0.3) is 0 Å². The van der Waals surface area contributed by atoms with Crippen molar-refractivity contribution < 1.29 is 14.2 Å². The van der Waals surface area contributed by atoms with Crippen LogP contribution in [0.5, 0.6) is 17.2 Å². The topological polar surface area (TPSA) is 58.4 Å². The van der Waals surface area contributed by atoms with E-state index in [2.05, 4.69) is 18.1 Å². The predicted molar refractivity (Wildman–Crippen MR) is 86.1 cm³/mol. The van der Waals surface area contributed by atoms with Crippen LogP contribution in [0.2, 0.25) is 0 Å². The molecule has 0 aliphatic carbocycles. The second-order valence-corrected chi connectivity index (χ2v) is 5.64. The minimum absolute atomic E-state index is 0.231. The Hall–Kier alpha value is -2.76. The maximum Gasteiger partial charge on any atom is 0.231 e. The lowest BCUT2D eigenvalue weighted by Crippen LogP contribution is -1.96. The number of hydrogen-bond donors (Lipinski definition) is 0. The molecule has 0 radical (unpaired) electrons. The highest BCUT2D eigenvalue weighted by molar-refractivity contribution is 5.86. The maximum absolute atomic E-state index is 5.51. The molecule has 0 saturated heterocycles. The van der Waals surface area contributed by atoms with Gasteiger partial charge in [-0.05, 0) is 31.5 Å². The lowest BCUT2D eigenvalue weighted by atomic mass is 10.0. The Kier molecular flexibility index (Phi) is 2.94. The smallest absolute Gasteiger partial charge is 0.231 e. The normalized spacial score (nSPS) is 12.9. The highest BCUT2D eigenvalue weighted by Gasteiger charge is 2.20. The van der Waals surface area contributed by atoms with Crippen molar-refractivity contribution in [3.63, 3.8) is 0 Å². The maximum atomic E-state index is 5.51. The Morgan fingerprint density at radius 1 is 1.13 bits per heavy atom. The molecule has 4 rings (SSSR count). The van der Waals surface area contributed by atoms with E-state index in [9.17, 15) is 0 Å². The second-order valence-electron chi connectivity index (χ2n) is 5.64. The summed E-state index contributed by atoms with van der Waals surface area (Å²) in [5.41, 5.74) is 4.68. The lowest BCUT2D eigenvalue weighted by molar-refractivity contribution is 0.174. The molecule has 0 bridgehead atoms. The standard InChI is InChI=1S/C17H17N3O3/c1-9-5-12(18-17-16(9)10(2)19-20(17)3)11-6-14-15(23-8-22-14)7-13(11)21-4/h5-7H,8H2,1-4H3. The van der Waals surface area contributed by atoms with E-state index in [1.165, 1.54) is 0 Å². The summed E-state index contributed by atoms with van der Waals surface area (Å²) in [5, 5.41) is 5.56. The van der Waals surface area contributed by atoms with Gasteiger partial charge in [0.2, 0.25) is 6.79 Å². The summed E-state index contributed by atoms with van der Waals surface area (Å²) in [6.45, 7) is 4.30. The molecule has 0 fully saturated rings. The first-order valence-electron chi connectivity index (χ1n) is 7.37. The van der Waals surface area contributed by atoms with Crippen molar-refractivity contribution in [3.8, 4) is 28.5 Å². The number of rotatable bonds is 2. The molecule has 1 aliphatic rings. The molecule has 6 nitrogen and oxygen atoms in total. The molecule has 2 aromatic heterocycles. The van der Waals surface area contributed by atoms with Gasteiger partial charge >= 0.3 is 0 Å². The number of nitrogens with zero attached hydrogens (tertiary/aromatic N) is 3. The second kappa shape index (κ2) is 4.87. The molecule has 0 atom stereocenters. The molecule has 0 spiro atoms. The van der Waals surface area contributed by atoms with E-state index in [0.29, 0.717) is 17.2 Å². The van der Waals surface area contributed by atoms with Crippen molar-refractivity contribution in [2.75, 3.05) is 13.9 Å². The van der Waals surface area contributed by atoms with Crippen molar-refractivity contribution in [1.82, 2.24) is 14.8 Å². The summed E-state index contributed by atoms with van der Waals surface area (Å²) in [7, 11) is 3.54. The zero-order valence-corrected chi connectivity index (χ0v) is 13.5. The fourth-order valence-corrected chi connectivity index (χ4v) is 3.09. The van der Waals surface area contributed by atoms with Crippen LogP contribution in [0, 0.1) is 13.8 Å². The number of aromatic nitrogens is 3. The summed E-state index contributed by atoms with van der Waals surface area (Å²) in [6.07, 6.45) is 0. The van der Waals surface area contributed by atoms with Gasteiger partial charge < -0.3 is 14.2 Å². The highest BCUT2D eigenvalue weighted by atomic mass is 16.7. The molecular weight excluding hydrogens is 294 g/mol. The number of fused-ring (bicyclic) bond motifs is 2. The summed E-state index contributed by atoms with van der Waals surface area (Å²) in [6, 6.07) is 5.81. The number of hydrogen-bond acceptors (Lipinski definition) is 5. The van der Waals surface area contributed by atoms with Crippen LogP contribution in [0.25, 0.3) is 22.3 Å². The first kappa shape index (κ1) is 13.9. The Labute approximate surface area is 133 Å². The van der Waals surface area contributed by atoms with E-state index in [4.69, 9.17) is 19.2 Å². The van der Waals surface area contributed by atoms with E-state index < -0.39 is 0 Å². The first-order chi connectivity index (χ1) is 11.1. The van der Waals surface area contributed by atoms with Gasteiger partial charge in [0.15, 0.2) is 17.1 Å². The summed E-state index contributed by atoms with van der Waals surface area (Å²) >= 11 is 0. The van der Waals surface area contributed by atoms with Crippen LogP contribution < -0.4 is 14.2 Å². The van der Waals surface area contributed by atoms with Gasteiger partial charge in [0.05, 0.1) is 18.5 Å². The number of ether oxygens (including phenoxy) is 3. The molecule has 0 saturated carbocycles. The lowest BCUT2D eigenvalue weighted by Gasteiger charge is -2.11. The van der Waals surface area contributed by atoms with Crippen LogP contribution in [0.1, 0.15) is 11.3 Å². The molecule has 0 N–H and O–H groups in total. The van der Waals surface area contributed by atoms with Gasteiger partial charge in [-0.3, -0.25) is 4.68 Å². The Morgan fingerprint density at radius 2 is 1.87 bits per heavy atom. The average molecular weight is 311 g/mol. The number of methoxy groups -OCH3 is 1. The monoisotopic (exact) mass is 311 g/mol. The molecule has 23 heavy (non-hydrogen) atoms. The van der Waals surface area contributed by atoms with Crippen LogP contribution in [-0.4, -0.2) is 28.7 Å². The fraction of sp³-hybridized carbons (Fsp3) is 0.294. The van der Waals surface area contributed by atoms with Crippen LogP contribution in [0.3, 0.4) is 0 Å². The molecule has 1 aliphatic heterocycles. The first-order valence-corrected chi connectivity index (χ1v) is 7.37. The SMILES string of the molecule is COc1cc2c(cc1-c1cc(C)c3c(C)nn(C)c3n1)OCO2. The molecule has 6 heteroatoms. The zero-order chi connectivity index (χ0) is 16.1. The van der Waals surface area contributed by atoms with E-state index in [0.717, 1.165) is 33.5 Å². The van der Waals surface area contributed by atoms with Gasteiger partial charge in [-0.25, -0.2) is 4.98 Å². The third kappa shape index (κ3) is 2.02. The van der Waals surface area contributed by atoms with E-state index in [1.807, 2.05) is 26.1 Å². The van der Waals surface area contributed by atoms with E-state index in [-0.39, 0.29) is 6.79 Å².